The maximum absolute atomic E-state index is 13.6. The van der Waals surface area contributed by atoms with Crippen molar-refractivity contribution >= 4 is 15.7 Å². The minimum absolute atomic E-state index is 0.0216. The average molecular weight is 464 g/mol. The lowest BCUT2D eigenvalue weighted by atomic mass is 10.1. The summed E-state index contributed by atoms with van der Waals surface area (Å²) in [7, 11) is -4.15. The van der Waals surface area contributed by atoms with Crippen LogP contribution in [0.4, 0.5) is 0 Å². The normalized spacial score (nSPS) is 17.7. The zero-order valence-corrected chi connectivity index (χ0v) is 18.6. The van der Waals surface area contributed by atoms with Crippen molar-refractivity contribution in [3.63, 3.8) is 0 Å². The highest BCUT2D eigenvalue weighted by Gasteiger charge is 2.46. The van der Waals surface area contributed by atoms with E-state index in [0.717, 1.165) is 11.1 Å². The van der Waals surface area contributed by atoms with Gasteiger partial charge in [0.25, 0.3) is 5.91 Å². The lowest BCUT2D eigenvalue weighted by molar-refractivity contribution is -0.130. The van der Waals surface area contributed by atoms with Crippen molar-refractivity contribution in [2.45, 2.75) is 24.4 Å². The molecule has 1 amide bonds. The largest absolute Gasteiger partial charge is 0.502 e. The molecule has 7 nitrogen and oxygen atoms in total. The number of rotatable bonds is 5. The van der Waals surface area contributed by atoms with Crippen LogP contribution in [0.3, 0.4) is 0 Å². The van der Waals surface area contributed by atoms with Crippen LogP contribution >= 0.6 is 0 Å². The lowest BCUT2D eigenvalue weighted by Gasteiger charge is -2.27. The first-order chi connectivity index (χ1) is 15.9. The predicted molar refractivity (Wildman–Crippen MR) is 120 cm³/mol. The van der Waals surface area contributed by atoms with Crippen LogP contribution in [0.1, 0.15) is 22.7 Å². The van der Waals surface area contributed by atoms with Crippen LogP contribution in [-0.2, 0) is 21.2 Å². The fourth-order valence-corrected chi connectivity index (χ4v) is 5.76. The average Bonchev–Trinajstić information content (AvgIpc) is 3.38. The highest BCUT2D eigenvalue weighted by Crippen LogP contribution is 2.43. The Labute approximate surface area is 191 Å². The molecule has 8 heteroatoms. The van der Waals surface area contributed by atoms with Crippen LogP contribution < -0.4 is 9.47 Å². The Hall–Kier alpha value is -3.78. The molecule has 0 fully saturated rings. The van der Waals surface area contributed by atoms with Gasteiger partial charge in [-0.05, 0) is 42.3 Å². The summed E-state index contributed by atoms with van der Waals surface area (Å²) in [6, 6.07) is 19.5. The van der Waals surface area contributed by atoms with E-state index in [9.17, 15) is 18.3 Å². The summed E-state index contributed by atoms with van der Waals surface area (Å²) in [6.07, 6.45) is 0. The monoisotopic (exact) mass is 463 g/mol. The molecular formula is C25H21NO6S. The standard InChI is InChI=1S/C25H21NO6S/c1-16-7-10-19(11-8-16)33(29,30)24-22(18-5-3-2-4-6-18)26(25(28)23(24)27)14-17-9-12-20-21(13-17)32-15-31-20/h2-13,22,27H,14-15H2,1H3/t22-/m0/s1. The van der Waals surface area contributed by atoms with E-state index in [0.29, 0.717) is 17.1 Å². The Balaban J connectivity index is 1.60. The Morgan fingerprint density at radius 2 is 1.67 bits per heavy atom. The molecule has 0 radical (unpaired) electrons. The molecule has 5 rings (SSSR count). The van der Waals surface area contributed by atoms with Gasteiger partial charge in [0, 0.05) is 6.54 Å². The van der Waals surface area contributed by atoms with Crippen molar-refractivity contribution in [2.24, 2.45) is 0 Å². The van der Waals surface area contributed by atoms with Gasteiger partial charge in [0.05, 0.1) is 10.9 Å². The fourth-order valence-electron chi connectivity index (χ4n) is 4.11. The van der Waals surface area contributed by atoms with Gasteiger partial charge in [-0.15, -0.1) is 0 Å². The number of sulfone groups is 1. The van der Waals surface area contributed by atoms with E-state index in [4.69, 9.17) is 9.47 Å². The van der Waals surface area contributed by atoms with E-state index in [1.165, 1.54) is 17.0 Å². The van der Waals surface area contributed by atoms with E-state index in [1.54, 1.807) is 60.7 Å². The number of hydrogen-bond acceptors (Lipinski definition) is 6. The molecule has 0 bridgehead atoms. The molecule has 2 aliphatic rings. The van der Waals surface area contributed by atoms with Crippen LogP contribution in [0, 0.1) is 6.92 Å². The number of carbonyl (C=O) groups excluding carboxylic acids is 1. The SMILES string of the molecule is Cc1ccc(S(=O)(=O)C2=C(O)C(=O)N(Cc3ccc4c(c3)OCO4)[C@H]2c2ccccc2)cc1. The second kappa shape index (κ2) is 7.97. The molecule has 3 aromatic carbocycles. The Morgan fingerprint density at radius 3 is 2.39 bits per heavy atom. The Bertz CT molecular complexity index is 1360. The number of ether oxygens (including phenoxy) is 2. The van der Waals surface area contributed by atoms with Crippen molar-refractivity contribution in [1.29, 1.82) is 0 Å². The molecule has 0 spiro atoms. The van der Waals surface area contributed by atoms with Gasteiger partial charge in [0.15, 0.2) is 17.3 Å². The lowest BCUT2D eigenvalue weighted by Crippen LogP contribution is -2.30. The zero-order valence-electron chi connectivity index (χ0n) is 17.8. The summed E-state index contributed by atoms with van der Waals surface area (Å²) in [5, 5.41) is 10.8. The molecule has 33 heavy (non-hydrogen) atoms. The van der Waals surface area contributed by atoms with Gasteiger partial charge in [-0.25, -0.2) is 8.42 Å². The van der Waals surface area contributed by atoms with E-state index < -0.39 is 27.5 Å². The topological polar surface area (TPSA) is 93.1 Å². The maximum atomic E-state index is 13.6. The summed E-state index contributed by atoms with van der Waals surface area (Å²) in [4.78, 5) is 14.2. The van der Waals surface area contributed by atoms with Crippen molar-refractivity contribution in [3.05, 3.63) is 100 Å². The summed E-state index contributed by atoms with van der Waals surface area (Å²) < 4.78 is 38.0. The number of benzene rings is 3. The third-order valence-corrected chi connectivity index (χ3v) is 7.67. The molecule has 2 aliphatic heterocycles. The van der Waals surface area contributed by atoms with Crippen LogP contribution in [-0.4, -0.2) is 31.1 Å². The number of aliphatic hydroxyl groups excluding tert-OH is 1. The minimum atomic E-state index is -4.15. The second-order valence-corrected chi connectivity index (χ2v) is 9.88. The first kappa shape index (κ1) is 21.1. The van der Waals surface area contributed by atoms with Crippen molar-refractivity contribution in [2.75, 3.05) is 6.79 Å². The van der Waals surface area contributed by atoms with Crippen LogP contribution in [0.15, 0.2) is 88.4 Å². The van der Waals surface area contributed by atoms with Crippen LogP contribution in [0.25, 0.3) is 0 Å². The zero-order chi connectivity index (χ0) is 23.2. The molecule has 0 aliphatic carbocycles. The second-order valence-electron chi connectivity index (χ2n) is 7.96. The molecule has 2 heterocycles. The van der Waals surface area contributed by atoms with Crippen molar-refractivity contribution in [1.82, 2.24) is 4.90 Å². The van der Waals surface area contributed by atoms with Gasteiger partial charge in [0.1, 0.15) is 4.91 Å². The van der Waals surface area contributed by atoms with E-state index in [1.807, 2.05) is 6.92 Å². The first-order valence-electron chi connectivity index (χ1n) is 10.4. The number of aliphatic hydroxyl groups is 1. The van der Waals surface area contributed by atoms with Gasteiger partial charge >= 0.3 is 0 Å². The molecule has 1 N–H and O–H groups in total. The quantitative estimate of drug-likeness (QED) is 0.614. The van der Waals surface area contributed by atoms with Gasteiger partial charge in [0.2, 0.25) is 16.6 Å². The van der Waals surface area contributed by atoms with Gasteiger partial charge in [-0.1, -0.05) is 54.1 Å². The summed E-state index contributed by atoms with van der Waals surface area (Å²) >= 11 is 0. The van der Waals surface area contributed by atoms with E-state index in [-0.39, 0.29) is 23.1 Å². The minimum Gasteiger partial charge on any atom is -0.502 e. The molecule has 0 saturated heterocycles. The third-order valence-electron chi connectivity index (χ3n) is 5.78. The molecular weight excluding hydrogens is 442 g/mol. The van der Waals surface area contributed by atoms with Crippen molar-refractivity contribution < 1.29 is 27.8 Å². The van der Waals surface area contributed by atoms with Crippen LogP contribution in [0.5, 0.6) is 11.5 Å². The number of hydrogen-bond donors (Lipinski definition) is 1. The van der Waals surface area contributed by atoms with Gasteiger partial charge in [-0.2, -0.15) is 0 Å². The fraction of sp³-hybridized carbons (Fsp3) is 0.160. The summed E-state index contributed by atoms with van der Waals surface area (Å²) in [5.74, 6) is -0.341. The molecule has 3 aromatic rings. The Morgan fingerprint density at radius 1 is 0.970 bits per heavy atom. The summed E-state index contributed by atoms with van der Waals surface area (Å²) in [6.45, 7) is 2.05. The number of carbonyl (C=O) groups is 1. The molecule has 1 atom stereocenters. The van der Waals surface area contributed by atoms with Gasteiger partial charge < -0.3 is 19.5 Å². The predicted octanol–water partition coefficient (Wildman–Crippen LogP) is 4.05. The maximum Gasteiger partial charge on any atom is 0.290 e. The van der Waals surface area contributed by atoms with E-state index >= 15 is 0 Å². The third kappa shape index (κ3) is 3.62. The van der Waals surface area contributed by atoms with Gasteiger partial charge in [-0.3, -0.25) is 4.79 Å². The number of nitrogens with zero attached hydrogens (tertiary/aromatic N) is 1. The summed E-state index contributed by atoms with van der Waals surface area (Å²) in [5.41, 5.74) is 2.20. The highest BCUT2D eigenvalue weighted by atomic mass is 32.2. The number of aryl methyl sites for hydroxylation is 1. The first-order valence-corrected chi connectivity index (χ1v) is 11.8. The molecule has 0 aromatic heterocycles. The van der Waals surface area contributed by atoms with E-state index in [2.05, 4.69) is 0 Å². The Kier molecular flexibility index (Phi) is 5.09. The molecule has 0 unspecified atom stereocenters. The number of fused-ring (bicyclic) bond motifs is 1. The van der Waals surface area contributed by atoms with Crippen LogP contribution in [0.2, 0.25) is 0 Å². The molecule has 168 valence electrons. The number of amides is 1. The smallest absolute Gasteiger partial charge is 0.290 e. The van der Waals surface area contributed by atoms with Crippen molar-refractivity contribution in [3.8, 4) is 11.5 Å². The highest BCUT2D eigenvalue weighted by molar-refractivity contribution is 7.95. The molecule has 0 saturated carbocycles.